The fraction of sp³-hybridized carbons (Fsp3) is 1.00. The van der Waals surface area contributed by atoms with Crippen molar-refractivity contribution in [1.82, 2.24) is 0 Å². The molecule has 0 bridgehead atoms. The molecule has 0 aromatic heterocycles. The van der Waals surface area contributed by atoms with Gasteiger partial charge in [0.1, 0.15) is 0 Å². The highest BCUT2D eigenvalue weighted by molar-refractivity contribution is 4.32. The molecular formula is C5H12O4. The van der Waals surface area contributed by atoms with Gasteiger partial charge in [0, 0.05) is 0 Å². The van der Waals surface area contributed by atoms with E-state index in [1.54, 1.807) is 0 Å². The maximum atomic E-state index is 7.58. The van der Waals surface area contributed by atoms with Gasteiger partial charge in [-0.15, -0.1) is 0 Å². The fourth-order valence-electron chi connectivity index (χ4n) is 0.467. The van der Waals surface area contributed by atoms with Crippen LogP contribution in [0.15, 0.2) is 0 Å². The minimum absolute atomic E-state index is 0.453. The molecule has 4 nitrogen and oxygen atoms in total. The summed E-state index contributed by atoms with van der Waals surface area (Å²) in [6.07, 6.45) is 3.14. The van der Waals surface area contributed by atoms with Gasteiger partial charge in [-0.25, -0.2) is 10.1 Å². The number of hydrogen-bond donors (Lipinski definition) is 1. The minimum Gasteiger partial charge on any atom is -0.219 e. The molecule has 0 saturated carbocycles. The van der Waals surface area contributed by atoms with Crippen LogP contribution in [0.1, 0.15) is 26.2 Å². The van der Waals surface area contributed by atoms with E-state index >= 15 is 0 Å². The Labute approximate surface area is 54.1 Å². The third-order valence-electron chi connectivity index (χ3n) is 0.910. The molecule has 0 aliphatic carbocycles. The van der Waals surface area contributed by atoms with E-state index < -0.39 is 0 Å². The summed E-state index contributed by atoms with van der Waals surface area (Å²) in [5.41, 5.74) is 0. The van der Waals surface area contributed by atoms with Crippen molar-refractivity contribution in [2.45, 2.75) is 26.2 Å². The molecule has 1 N–H and O–H groups in total. The van der Waals surface area contributed by atoms with Gasteiger partial charge in [-0.2, -0.15) is 0 Å². The van der Waals surface area contributed by atoms with Crippen molar-refractivity contribution >= 4 is 0 Å². The monoisotopic (exact) mass is 136 g/mol. The molecule has 56 valence electrons. The maximum absolute atomic E-state index is 7.58. The SMILES string of the molecule is CCCCCOOOO. The zero-order valence-corrected chi connectivity index (χ0v) is 5.50. The van der Waals surface area contributed by atoms with Gasteiger partial charge >= 0.3 is 0 Å². The Balaban J connectivity index is 2.60. The van der Waals surface area contributed by atoms with Gasteiger partial charge in [0.2, 0.25) is 0 Å². The predicted molar refractivity (Wildman–Crippen MR) is 30.3 cm³/mol. The van der Waals surface area contributed by atoms with Crippen LogP contribution in [-0.2, 0) is 15.0 Å². The second-order valence-corrected chi connectivity index (χ2v) is 1.67. The van der Waals surface area contributed by atoms with E-state index in [0.29, 0.717) is 6.61 Å². The van der Waals surface area contributed by atoms with Gasteiger partial charge < -0.3 is 0 Å². The van der Waals surface area contributed by atoms with E-state index in [0.717, 1.165) is 19.3 Å². The Bertz CT molecular complexity index is 42.2. The van der Waals surface area contributed by atoms with E-state index in [1.807, 2.05) is 0 Å². The molecule has 0 fully saturated rings. The van der Waals surface area contributed by atoms with Crippen LogP contribution in [0.5, 0.6) is 0 Å². The smallest absolute Gasteiger partial charge is 0.0854 e. The Kier molecular flexibility index (Phi) is 7.70. The van der Waals surface area contributed by atoms with E-state index in [4.69, 9.17) is 5.26 Å². The Hall–Kier alpha value is -0.160. The maximum Gasteiger partial charge on any atom is 0.0854 e. The van der Waals surface area contributed by atoms with Crippen molar-refractivity contribution in [2.75, 3.05) is 6.61 Å². The minimum atomic E-state index is 0.453. The Morgan fingerprint density at radius 1 is 1.33 bits per heavy atom. The highest BCUT2D eigenvalue weighted by Gasteiger charge is 1.86. The van der Waals surface area contributed by atoms with E-state index in [1.165, 1.54) is 0 Å². The largest absolute Gasteiger partial charge is 0.219 e. The first-order valence-electron chi connectivity index (χ1n) is 3.01. The molecule has 0 aliphatic rings. The third kappa shape index (κ3) is 7.84. The van der Waals surface area contributed by atoms with Crippen LogP contribution in [-0.4, -0.2) is 11.9 Å². The van der Waals surface area contributed by atoms with Gasteiger partial charge in [-0.1, -0.05) is 19.8 Å². The van der Waals surface area contributed by atoms with Crippen LogP contribution in [0, 0.1) is 0 Å². The van der Waals surface area contributed by atoms with Crippen molar-refractivity contribution in [2.24, 2.45) is 0 Å². The number of rotatable bonds is 6. The summed E-state index contributed by atoms with van der Waals surface area (Å²) in [7, 11) is 0. The predicted octanol–water partition coefficient (Wildman–Crippen LogP) is 1.53. The normalized spacial score (nSPS) is 10.0. The summed E-state index contributed by atoms with van der Waals surface area (Å²) in [6.45, 7) is 2.54. The first-order valence-corrected chi connectivity index (χ1v) is 3.01. The van der Waals surface area contributed by atoms with Crippen LogP contribution in [0.25, 0.3) is 0 Å². The molecule has 0 heterocycles. The van der Waals surface area contributed by atoms with Crippen LogP contribution in [0.2, 0.25) is 0 Å². The summed E-state index contributed by atoms with van der Waals surface area (Å²) < 4.78 is 0. The highest BCUT2D eigenvalue weighted by Crippen LogP contribution is 1.93. The van der Waals surface area contributed by atoms with Gasteiger partial charge in [0.05, 0.1) is 6.61 Å². The lowest BCUT2D eigenvalue weighted by molar-refractivity contribution is -0.623. The lowest BCUT2D eigenvalue weighted by atomic mass is 10.3. The van der Waals surface area contributed by atoms with Crippen molar-refractivity contribution in [3.05, 3.63) is 0 Å². The van der Waals surface area contributed by atoms with Crippen LogP contribution in [0.3, 0.4) is 0 Å². The molecular weight excluding hydrogens is 124 g/mol. The van der Waals surface area contributed by atoms with Crippen molar-refractivity contribution < 1.29 is 20.2 Å². The summed E-state index contributed by atoms with van der Waals surface area (Å²) in [6, 6.07) is 0. The second kappa shape index (κ2) is 7.84. The average molecular weight is 136 g/mol. The quantitative estimate of drug-likeness (QED) is 0.341. The van der Waals surface area contributed by atoms with Crippen LogP contribution in [0.4, 0.5) is 0 Å². The molecule has 0 saturated heterocycles. The molecule has 0 amide bonds. The Morgan fingerprint density at radius 3 is 2.67 bits per heavy atom. The van der Waals surface area contributed by atoms with E-state index in [9.17, 15) is 0 Å². The van der Waals surface area contributed by atoms with Gasteiger partial charge in [-0.3, -0.25) is 0 Å². The topological polar surface area (TPSA) is 47.9 Å². The fourth-order valence-corrected chi connectivity index (χ4v) is 0.467. The number of hydrogen-bond acceptors (Lipinski definition) is 4. The lowest BCUT2D eigenvalue weighted by Gasteiger charge is -1.95. The zero-order valence-electron chi connectivity index (χ0n) is 5.50. The zero-order chi connectivity index (χ0) is 6.95. The molecule has 0 aromatic carbocycles. The molecule has 0 aromatic rings. The second-order valence-electron chi connectivity index (χ2n) is 1.67. The van der Waals surface area contributed by atoms with Crippen LogP contribution < -0.4 is 0 Å². The first-order chi connectivity index (χ1) is 4.41. The first kappa shape index (κ1) is 8.84. The summed E-state index contributed by atoms with van der Waals surface area (Å²) in [4.78, 5) is 4.31. The number of unbranched alkanes of at least 4 members (excludes halogenated alkanes) is 2. The standard InChI is InChI=1S/C5H12O4/c1-2-3-4-5-7-9-8-6/h6H,2-5H2,1H3. The molecule has 0 radical (unpaired) electrons. The molecule has 0 atom stereocenters. The highest BCUT2D eigenvalue weighted by atomic mass is 17.6. The van der Waals surface area contributed by atoms with Crippen molar-refractivity contribution in [3.63, 3.8) is 0 Å². The summed E-state index contributed by atoms with van der Waals surface area (Å²) in [5, 5.41) is 14.5. The van der Waals surface area contributed by atoms with E-state index in [-0.39, 0.29) is 0 Å². The molecule has 0 unspecified atom stereocenters. The molecule has 0 spiro atoms. The average Bonchev–Trinajstić information content (AvgIpc) is 1.89. The van der Waals surface area contributed by atoms with Gasteiger partial charge in [-0.05, 0) is 16.5 Å². The van der Waals surface area contributed by atoms with Crippen molar-refractivity contribution in [1.29, 1.82) is 0 Å². The summed E-state index contributed by atoms with van der Waals surface area (Å²) >= 11 is 0. The molecule has 0 aliphatic heterocycles. The van der Waals surface area contributed by atoms with Gasteiger partial charge in [0.25, 0.3) is 0 Å². The van der Waals surface area contributed by atoms with Gasteiger partial charge in [0.15, 0.2) is 0 Å². The third-order valence-corrected chi connectivity index (χ3v) is 0.910. The van der Waals surface area contributed by atoms with Crippen LogP contribution >= 0.6 is 0 Å². The lowest BCUT2D eigenvalue weighted by Crippen LogP contribution is -1.95. The van der Waals surface area contributed by atoms with E-state index in [2.05, 4.69) is 21.9 Å². The Morgan fingerprint density at radius 2 is 2.11 bits per heavy atom. The summed E-state index contributed by atoms with van der Waals surface area (Å²) in [5.74, 6) is 0. The molecule has 0 rings (SSSR count). The van der Waals surface area contributed by atoms with Crippen molar-refractivity contribution in [3.8, 4) is 0 Å². The molecule has 4 heteroatoms. The molecule has 9 heavy (non-hydrogen) atoms.